The Kier molecular flexibility index (Phi) is 4.43. The molecule has 0 spiro atoms. The third-order valence-electron chi connectivity index (χ3n) is 3.56. The lowest BCUT2D eigenvalue weighted by atomic mass is 9.86. The molecule has 1 nitrogen and oxygen atoms in total. The van der Waals surface area contributed by atoms with Crippen LogP contribution in [0.2, 0.25) is 0 Å². The van der Waals surface area contributed by atoms with Gasteiger partial charge in [0.05, 0.1) is 10.6 Å². The third-order valence-corrected chi connectivity index (χ3v) is 4.21. The van der Waals surface area contributed by atoms with Crippen molar-refractivity contribution in [3.63, 3.8) is 0 Å². The zero-order valence-corrected chi connectivity index (χ0v) is 11.7. The van der Waals surface area contributed by atoms with Crippen LogP contribution in [0.4, 0.5) is 4.39 Å². The van der Waals surface area contributed by atoms with Crippen molar-refractivity contribution in [1.29, 1.82) is 0 Å². The Morgan fingerprint density at radius 1 is 1.29 bits per heavy atom. The summed E-state index contributed by atoms with van der Waals surface area (Å²) in [5.74, 6) is 1.24. The lowest BCUT2D eigenvalue weighted by Crippen LogP contribution is -2.23. The molecule has 0 radical (unpaired) electrons. The number of rotatable bonds is 3. The van der Waals surface area contributed by atoms with Gasteiger partial charge in [0.1, 0.15) is 11.6 Å². The molecule has 0 heterocycles. The number of hydrogen-bond donors (Lipinski definition) is 0. The van der Waals surface area contributed by atoms with E-state index < -0.39 is 0 Å². The van der Waals surface area contributed by atoms with Crippen LogP contribution in [0.1, 0.15) is 39.0 Å². The van der Waals surface area contributed by atoms with E-state index in [1.54, 1.807) is 6.07 Å². The van der Waals surface area contributed by atoms with Crippen molar-refractivity contribution < 1.29 is 9.13 Å². The highest BCUT2D eigenvalue weighted by Crippen LogP contribution is 2.30. The monoisotopic (exact) mass is 300 g/mol. The van der Waals surface area contributed by atoms with Crippen LogP contribution in [0, 0.1) is 11.7 Å². The summed E-state index contributed by atoms with van der Waals surface area (Å²) in [4.78, 5) is 0. The van der Waals surface area contributed by atoms with Gasteiger partial charge >= 0.3 is 0 Å². The fourth-order valence-electron chi connectivity index (χ4n) is 2.40. The van der Waals surface area contributed by atoms with Crippen LogP contribution < -0.4 is 4.74 Å². The standard InChI is InChI=1S/C14H18BrFO/c1-2-10-3-5-11(6-4-10)17-12-7-8-13(15)14(16)9-12/h7-11H,2-6H2,1H3. The van der Waals surface area contributed by atoms with Gasteiger partial charge in [0.15, 0.2) is 0 Å². The fourth-order valence-corrected chi connectivity index (χ4v) is 2.65. The van der Waals surface area contributed by atoms with E-state index in [2.05, 4.69) is 22.9 Å². The summed E-state index contributed by atoms with van der Waals surface area (Å²) >= 11 is 3.14. The Bertz CT molecular complexity index is 372. The molecule has 2 rings (SSSR count). The average molecular weight is 301 g/mol. The zero-order valence-electron chi connectivity index (χ0n) is 10.1. The first-order valence-corrected chi connectivity index (χ1v) is 7.10. The molecule has 1 aromatic rings. The van der Waals surface area contributed by atoms with Crippen molar-refractivity contribution in [3.8, 4) is 5.75 Å². The van der Waals surface area contributed by atoms with Gasteiger partial charge in [-0.15, -0.1) is 0 Å². The van der Waals surface area contributed by atoms with Crippen LogP contribution >= 0.6 is 15.9 Å². The normalized spacial score (nSPS) is 24.6. The molecule has 1 fully saturated rings. The summed E-state index contributed by atoms with van der Waals surface area (Å²) in [5.41, 5.74) is 0. The van der Waals surface area contributed by atoms with Gasteiger partial charge in [-0.2, -0.15) is 0 Å². The van der Waals surface area contributed by atoms with Gasteiger partial charge in [-0.1, -0.05) is 13.3 Å². The Labute approximate surface area is 110 Å². The summed E-state index contributed by atoms with van der Waals surface area (Å²) in [6.45, 7) is 2.25. The lowest BCUT2D eigenvalue weighted by molar-refractivity contribution is 0.129. The van der Waals surface area contributed by atoms with Crippen molar-refractivity contribution in [2.24, 2.45) is 5.92 Å². The van der Waals surface area contributed by atoms with Gasteiger partial charge in [0.2, 0.25) is 0 Å². The van der Waals surface area contributed by atoms with Crippen molar-refractivity contribution in [3.05, 3.63) is 28.5 Å². The first-order valence-electron chi connectivity index (χ1n) is 6.30. The molecule has 17 heavy (non-hydrogen) atoms. The Hall–Kier alpha value is -0.570. The molecule has 0 amide bonds. The van der Waals surface area contributed by atoms with E-state index in [0.29, 0.717) is 10.2 Å². The van der Waals surface area contributed by atoms with Crippen molar-refractivity contribution in [1.82, 2.24) is 0 Å². The third kappa shape index (κ3) is 3.44. The lowest BCUT2D eigenvalue weighted by Gasteiger charge is -2.28. The molecule has 1 saturated carbocycles. The highest BCUT2D eigenvalue weighted by atomic mass is 79.9. The largest absolute Gasteiger partial charge is 0.490 e. The van der Waals surface area contributed by atoms with Gasteiger partial charge in [0.25, 0.3) is 0 Å². The summed E-state index contributed by atoms with van der Waals surface area (Å²) in [5, 5.41) is 0. The van der Waals surface area contributed by atoms with Crippen LogP contribution in [-0.2, 0) is 0 Å². The molecular weight excluding hydrogens is 283 g/mol. The predicted octanol–water partition coefficient (Wildman–Crippen LogP) is 4.94. The molecule has 0 unspecified atom stereocenters. The molecule has 1 aromatic carbocycles. The van der Waals surface area contributed by atoms with E-state index in [9.17, 15) is 4.39 Å². The number of benzene rings is 1. The molecular formula is C14H18BrFO. The molecule has 0 N–H and O–H groups in total. The first kappa shape index (κ1) is 12.9. The van der Waals surface area contributed by atoms with E-state index in [1.807, 2.05) is 6.07 Å². The predicted molar refractivity (Wildman–Crippen MR) is 70.8 cm³/mol. The average Bonchev–Trinajstić information content (AvgIpc) is 2.35. The topological polar surface area (TPSA) is 9.23 Å². The Balaban J connectivity index is 1.91. The quantitative estimate of drug-likeness (QED) is 0.768. The maximum absolute atomic E-state index is 13.3. The second-order valence-electron chi connectivity index (χ2n) is 4.74. The van der Waals surface area contributed by atoms with E-state index in [4.69, 9.17) is 4.74 Å². The smallest absolute Gasteiger partial charge is 0.141 e. The van der Waals surface area contributed by atoms with Crippen LogP contribution in [0.15, 0.2) is 22.7 Å². The summed E-state index contributed by atoms with van der Waals surface area (Å²) in [6, 6.07) is 4.97. The molecule has 3 heteroatoms. The van der Waals surface area contributed by atoms with Crippen LogP contribution in [-0.4, -0.2) is 6.10 Å². The van der Waals surface area contributed by atoms with Crippen LogP contribution in [0.3, 0.4) is 0 Å². The minimum Gasteiger partial charge on any atom is -0.490 e. The number of ether oxygens (including phenoxy) is 1. The maximum atomic E-state index is 13.3. The van der Waals surface area contributed by atoms with Crippen molar-refractivity contribution >= 4 is 15.9 Å². The van der Waals surface area contributed by atoms with E-state index >= 15 is 0 Å². The minimum absolute atomic E-state index is 0.259. The van der Waals surface area contributed by atoms with Gasteiger partial charge in [0, 0.05) is 6.07 Å². The first-order chi connectivity index (χ1) is 8.19. The molecule has 94 valence electrons. The second kappa shape index (κ2) is 5.85. The van der Waals surface area contributed by atoms with E-state index in [1.165, 1.54) is 25.3 Å². The number of hydrogen-bond acceptors (Lipinski definition) is 1. The molecule has 1 aliphatic rings. The second-order valence-corrected chi connectivity index (χ2v) is 5.60. The highest BCUT2D eigenvalue weighted by molar-refractivity contribution is 9.10. The minimum atomic E-state index is -0.259. The highest BCUT2D eigenvalue weighted by Gasteiger charge is 2.21. The molecule has 0 aliphatic heterocycles. The van der Waals surface area contributed by atoms with E-state index in [-0.39, 0.29) is 11.9 Å². The molecule has 0 bridgehead atoms. The van der Waals surface area contributed by atoms with Gasteiger partial charge in [-0.25, -0.2) is 4.39 Å². The van der Waals surface area contributed by atoms with Crippen LogP contribution in [0.5, 0.6) is 5.75 Å². The van der Waals surface area contributed by atoms with E-state index in [0.717, 1.165) is 18.8 Å². The van der Waals surface area contributed by atoms with Crippen molar-refractivity contribution in [2.75, 3.05) is 0 Å². The Morgan fingerprint density at radius 2 is 2.00 bits per heavy atom. The molecule has 0 aromatic heterocycles. The molecule has 1 aliphatic carbocycles. The van der Waals surface area contributed by atoms with Gasteiger partial charge in [-0.05, 0) is 59.7 Å². The Morgan fingerprint density at radius 3 is 2.59 bits per heavy atom. The zero-order chi connectivity index (χ0) is 12.3. The molecule has 0 saturated heterocycles. The maximum Gasteiger partial charge on any atom is 0.141 e. The summed E-state index contributed by atoms with van der Waals surface area (Å²) in [6.07, 6.45) is 6.19. The molecule has 0 atom stereocenters. The number of halogens is 2. The van der Waals surface area contributed by atoms with Crippen LogP contribution in [0.25, 0.3) is 0 Å². The summed E-state index contributed by atoms with van der Waals surface area (Å²) in [7, 11) is 0. The SMILES string of the molecule is CCC1CCC(Oc2ccc(Br)c(F)c2)CC1. The van der Waals surface area contributed by atoms with Gasteiger partial charge in [-0.3, -0.25) is 0 Å². The van der Waals surface area contributed by atoms with Gasteiger partial charge < -0.3 is 4.74 Å². The fraction of sp³-hybridized carbons (Fsp3) is 0.571. The van der Waals surface area contributed by atoms with Crippen molar-refractivity contribution in [2.45, 2.75) is 45.1 Å². The summed E-state index contributed by atoms with van der Waals surface area (Å²) < 4.78 is 19.6.